The minimum absolute atomic E-state index is 0.125. The van der Waals surface area contributed by atoms with Gasteiger partial charge < -0.3 is 32.1 Å². The van der Waals surface area contributed by atoms with Crippen LogP contribution in [0.1, 0.15) is 43.2 Å². The second-order valence-electron chi connectivity index (χ2n) is 9.92. The van der Waals surface area contributed by atoms with E-state index >= 15 is 0 Å². The van der Waals surface area contributed by atoms with Gasteiger partial charge in [-0.05, 0) is 56.2 Å². The fraction of sp³-hybridized carbons (Fsp3) is 0.448. The quantitative estimate of drug-likeness (QED) is 0.224. The van der Waals surface area contributed by atoms with Crippen molar-refractivity contribution in [1.82, 2.24) is 15.5 Å². The molecule has 0 bridgehead atoms. The Hall–Kier alpha value is -3.76. The number of hydrogen-bond acceptors (Lipinski definition) is 6. The van der Waals surface area contributed by atoms with Crippen molar-refractivity contribution in [3.8, 4) is 0 Å². The van der Waals surface area contributed by atoms with E-state index in [4.69, 9.17) is 11.5 Å². The molecule has 4 atom stereocenters. The summed E-state index contributed by atoms with van der Waals surface area (Å²) in [5.74, 6) is -2.49. The third-order valence-electron chi connectivity index (χ3n) is 6.93. The normalized spacial score (nSPS) is 17.2. The Morgan fingerprint density at radius 3 is 2.10 bits per heavy atom. The number of likely N-dealkylation sites (tertiary alicyclic amines) is 1. The molecule has 210 valence electrons. The number of carbonyl (C=O) groups excluding carboxylic acids is 3. The molecule has 3 amide bonds. The topological polar surface area (TPSA) is 168 Å². The molecule has 7 N–H and O–H groups in total. The van der Waals surface area contributed by atoms with E-state index in [-0.39, 0.29) is 12.3 Å². The predicted octanol–water partition coefficient (Wildman–Crippen LogP) is 0.973. The number of nitrogens with zero attached hydrogens (tertiary/aromatic N) is 1. The molecular formula is C29H39N5O5. The first-order valence-electron chi connectivity index (χ1n) is 13.5. The highest BCUT2D eigenvalue weighted by molar-refractivity contribution is 5.94. The molecular weight excluding hydrogens is 498 g/mol. The molecule has 1 aliphatic rings. The average Bonchev–Trinajstić information content (AvgIpc) is 3.43. The molecule has 3 rings (SSSR count). The number of amides is 3. The molecule has 1 fully saturated rings. The van der Waals surface area contributed by atoms with Crippen LogP contribution in [0.2, 0.25) is 0 Å². The van der Waals surface area contributed by atoms with Gasteiger partial charge in [0.2, 0.25) is 17.7 Å². The third kappa shape index (κ3) is 8.90. The number of carboxylic acid groups (broad SMARTS) is 1. The third-order valence-corrected chi connectivity index (χ3v) is 6.93. The lowest BCUT2D eigenvalue weighted by Crippen LogP contribution is -2.57. The van der Waals surface area contributed by atoms with E-state index in [0.717, 1.165) is 11.1 Å². The van der Waals surface area contributed by atoms with E-state index < -0.39 is 42.0 Å². The fourth-order valence-electron chi connectivity index (χ4n) is 4.81. The Morgan fingerprint density at radius 1 is 0.897 bits per heavy atom. The van der Waals surface area contributed by atoms with E-state index in [2.05, 4.69) is 10.6 Å². The molecule has 39 heavy (non-hydrogen) atoms. The van der Waals surface area contributed by atoms with Crippen molar-refractivity contribution in [1.29, 1.82) is 0 Å². The zero-order valence-electron chi connectivity index (χ0n) is 22.1. The van der Waals surface area contributed by atoms with Crippen LogP contribution in [-0.4, -0.2) is 71.0 Å². The van der Waals surface area contributed by atoms with Crippen molar-refractivity contribution in [3.63, 3.8) is 0 Å². The van der Waals surface area contributed by atoms with Crippen LogP contribution in [0, 0.1) is 0 Å². The van der Waals surface area contributed by atoms with Crippen LogP contribution in [0.25, 0.3) is 0 Å². The standard InChI is InChI=1S/C29H39N5O5/c30-16-8-7-14-23(32-26(35)22(31)18-20-10-3-1-4-11-20)28(37)34-17-9-15-25(34)27(36)33-24(29(38)39)19-21-12-5-2-6-13-21/h1-6,10-13,22-25H,7-9,14-19,30-31H2,(H,32,35)(H,33,36)(H,38,39). The minimum atomic E-state index is -1.15. The lowest BCUT2D eigenvalue weighted by atomic mass is 10.0. The van der Waals surface area contributed by atoms with Gasteiger partial charge in [0.05, 0.1) is 6.04 Å². The van der Waals surface area contributed by atoms with E-state index in [1.165, 1.54) is 4.90 Å². The molecule has 0 aliphatic carbocycles. The summed E-state index contributed by atoms with van der Waals surface area (Å²) in [5.41, 5.74) is 13.5. The molecule has 2 aromatic carbocycles. The van der Waals surface area contributed by atoms with E-state index in [1.807, 2.05) is 36.4 Å². The predicted molar refractivity (Wildman–Crippen MR) is 147 cm³/mol. The number of unbranched alkanes of at least 4 members (excludes halogenated alkanes) is 1. The van der Waals surface area contributed by atoms with E-state index in [1.54, 1.807) is 24.3 Å². The van der Waals surface area contributed by atoms with Gasteiger partial charge in [0.1, 0.15) is 18.1 Å². The molecule has 10 nitrogen and oxygen atoms in total. The van der Waals surface area contributed by atoms with Crippen LogP contribution in [0.4, 0.5) is 0 Å². The van der Waals surface area contributed by atoms with E-state index in [9.17, 15) is 24.3 Å². The largest absolute Gasteiger partial charge is 0.480 e. The number of nitrogens with two attached hydrogens (primary N) is 2. The SMILES string of the molecule is NCCCCC(NC(=O)C(N)Cc1ccccc1)C(=O)N1CCCC1C(=O)NC(Cc1ccccc1)C(=O)O. The van der Waals surface area contributed by atoms with Gasteiger partial charge in [-0.15, -0.1) is 0 Å². The Balaban J connectivity index is 1.67. The van der Waals surface area contributed by atoms with Gasteiger partial charge >= 0.3 is 5.97 Å². The van der Waals surface area contributed by atoms with Crippen LogP contribution in [-0.2, 0) is 32.0 Å². The Morgan fingerprint density at radius 2 is 1.51 bits per heavy atom. The number of carbonyl (C=O) groups is 4. The van der Waals surface area contributed by atoms with Crippen LogP contribution >= 0.6 is 0 Å². The number of carboxylic acids is 1. The zero-order chi connectivity index (χ0) is 28.2. The smallest absolute Gasteiger partial charge is 0.326 e. The van der Waals surface area contributed by atoms with Crippen LogP contribution < -0.4 is 22.1 Å². The molecule has 1 heterocycles. The Labute approximate surface area is 229 Å². The van der Waals surface area contributed by atoms with Crippen molar-refractivity contribution in [3.05, 3.63) is 71.8 Å². The lowest BCUT2D eigenvalue weighted by Gasteiger charge is -2.30. The van der Waals surface area contributed by atoms with Gasteiger partial charge in [0.15, 0.2) is 0 Å². The summed E-state index contributed by atoms with van der Waals surface area (Å²) in [6.45, 7) is 0.793. The van der Waals surface area contributed by atoms with E-state index in [0.29, 0.717) is 51.6 Å². The molecule has 4 unspecified atom stereocenters. The second kappa shape index (κ2) is 15.0. The molecule has 0 radical (unpaired) electrons. The molecule has 0 spiro atoms. The molecule has 1 aliphatic heterocycles. The molecule has 10 heteroatoms. The van der Waals surface area contributed by atoms with Crippen molar-refractivity contribution in [2.24, 2.45) is 11.5 Å². The first-order valence-corrected chi connectivity index (χ1v) is 13.5. The number of rotatable bonds is 14. The molecule has 0 aromatic heterocycles. The Bertz CT molecular complexity index is 1100. The van der Waals surface area contributed by atoms with Crippen molar-refractivity contribution in [2.45, 2.75) is 69.1 Å². The number of hydrogen-bond donors (Lipinski definition) is 5. The van der Waals surface area contributed by atoms with Gasteiger partial charge in [-0.3, -0.25) is 14.4 Å². The van der Waals surface area contributed by atoms with Gasteiger partial charge in [-0.1, -0.05) is 60.7 Å². The fourth-order valence-corrected chi connectivity index (χ4v) is 4.81. The summed E-state index contributed by atoms with van der Waals surface area (Å²) in [4.78, 5) is 53.1. The maximum Gasteiger partial charge on any atom is 0.326 e. The maximum absolute atomic E-state index is 13.6. The number of aliphatic carboxylic acids is 1. The summed E-state index contributed by atoms with van der Waals surface area (Å²) in [6, 6.07) is 14.8. The zero-order valence-corrected chi connectivity index (χ0v) is 22.1. The summed E-state index contributed by atoms with van der Waals surface area (Å²) in [7, 11) is 0. The van der Waals surface area contributed by atoms with Crippen LogP contribution in [0.15, 0.2) is 60.7 Å². The summed E-state index contributed by atoms with van der Waals surface area (Å²) < 4.78 is 0. The average molecular weight is 538 g/mol. The highest BCUT2D eigenvalue weighted by Crippen LogP contribution is 2.20. The summed E-state index contributed by atoms with van der Waals surface area (Å²) in [6.07, 6.45) is 3.10. The summed E-state index contributed by atoms with van der Waals surface area (Å²) in [5, 5.41) is 15.1. The summed E-state index contributed by atoms with van der Waals surface area (Å²) >= 11 is 0. The molecule has 0 saturated carbocycles. The molecule has 1 saturated heterocycles. The number of nitrogens with one attached hydrogen (secondary N) is 2. The minimum Gasteiger partial charge on any atom is -0.480 e. The van der Waals surface area contributed by atoms with Crippen molar-refractivity contribution < 1.29 is 24.3 Å². The first-order chi connectivity index (χ1) is 18.8. The molecule has 2 aromatic rings. The van der Waals surface area contributed by atoms with Gasteiger partial charge in [-0.25, -0.2) is 4.79 Å². The van der Waals surface area contributed by atoms with Gasteiger partial charge in [-0.2, -0.15) is 0 Å². The first kappa shape index (κ1) is 29.8. The highest BCUT2D eigenvalue weighted by Gasteiger charge is 2.39. The van der Waals surface area contributed by atoms with Crippen LogP contribution in [0.3, 0.4) is 0 Å². The maximum atomic E-state index is 13.6. The van der Waals surface area contributed by atoms with Gasteiger partial charge in [0, 0.05) is 13.0 Å². The van der Waals surface area contributed by atoms with Crippen LogP contribution in [0.5, 0.6) is 0 Å². The van der Waals surface area contributed by atoms with Crippen molar-refractivity contribution in [2.75, 3.05) is 13.1 Å². The monoisotopic (exact) mass is 537 g/mol. The number of benzene rings is 2. The Kier molecular flexibility index (Phi) is 11.4. The highest BCUT2D eigenvalue weighted by atomic mass is 16.4. The van der Waals surface area contributed by atoms with Gasteiger partial charge in [0.25, 0.3) is 0 Å². The van der Waals surface area contributed by atoms with Crippen molar-refractivity contribution >= 4 is 23.7 Å². The second-order valence-corrected chi connectivity index (χ2v) is 9.92. The lowest BCUT2D eigenvalue weighted by molar-refractivity contribution is -0.145.